The van der Waals surface area contributed by atoms with Gasteiger partial charge in [-0.05, 0) is 43.4 Å². The maximum absolute atomic E-state index is 12.8. The Morgan fingerprint density at radius 2 is 1.90 bits per heavy atom. The van der Waals surface area contributed by atoms with Crippen molar-refractivity contribution in [2.75, 3.05) is 19.7 Å². The van der Waals surface area contributed by atoms with E-state index in [0.29, 0.717) is 39.0 Å². The van der Waals surface area contributed by atoms with Gasteiger partial charge in [-0.15, -0.1) is 5.10 Å². The fraction of sp³-hybridized carbons (Fsp3) is 0.545. The van der Waals surface area contributed by atoms with Crippen LogP contribution in [0.5, 0.6) is 5.75 Å². The number of piperidine rings is 1. The predicted octanol–water partition coefficient (Wildman–Crippen LogP) is 1.73. The summed E-state index contributed by atoms with van der Waals surface area (Å²) in [7, 11) is 0. The van der Waals surface area contributed by atoms with Gasteiger partial charge in [-0.1, -0.05) is 17.3 Å². The van der Waals surface area contributed by atoms with Gasteiger partial charge in [0.25, 0.3) is 0 Å². The molecule has 8 nitrogen and oxygen atoms in total. The molecule has 1 N–H and O–H groups in total. The Kier molecular flexibility index (Phi) is 6.61. The van der Waals surface area contributed by atoms with Crippen molar-refractivity contribution in [1.29, 1.82) is 0 Å². The average molecular weight is 412 g/mol. The zero-order valence-corrected chi connectivity index (χ0v) is 17.3. The van der Waals surface area contributed by atoms with Crippen molar-refractivity contribution in [3.05, 3.63) is 41.7 Å². The highest BCUT2D eigenvalue weighted by molar-refractivity contribution is 5.78. The number of amides is 2. The SMILES string of the molecule is O=C1Cc2ccc(cc2)OCCn2cc(nn2)CCC(=O)N2CCCCC2CCN1. The first kappa shape index (κ1) is 20.4. The van der Waals surface area contributed by atoms with Gasteiger partial charge >= 0.3 is 0 Å². The summed E-state index contributed by atoms with van der Waals surface area (Å²) in [5, 5.41) is 11.3. The number of nitrogens with zero attached hydrogens (tertiary/aromatic N) is 4. The average Bonchev–Trinajstić information content (AvgIpc) is 3.21. The molecule has 1 atom stereocenters. The van der Waals surface area contributed by atoms with E-state index in [-0.39, 0.29) is 17.9 Å². The minimum absolute atomic E-state index is 0.00583. The summed E-state index contributed by atoms with van der Waals surface area (Å²) < 4.78 is 7.51. The Bertz CT molecular complexity index is 864. The lowest BCUT2D eigenvalue weighted by molar-refractivity contribution is -0.135. The Labute approximate surface area is 176 Å². The quantitative estimate of drug-likeness (QED) is 0.713. The molecule has 2 aromatic rings. The van der Waals surface area contributed by atoms with Crippen LogP contribution >= 0.6 is 0 Å². The largest absolute Gasteiger partial charge is 0.492 e. The zero-order chi connectivity index (χ0) is 20.8. The van der Waals surface area contributed by atoms with Crippen molar-refractivity contribution >= 4 is 11.8 Å². The normalized spacial score (nSPS) is 21.5. The summed E-state index contributed by atoms with van der Waals surface area (Å²) in [6.07, 6.45) is 7.22. The van der Waals surface area contributed by atoms with E-state index in [1.54, 1.807) is 4.68 Å². The van der Waals surface area contributed by atoms with Gasteiger partial charge in [-0.2, -0.15) is 0 Å². The summed E-state index contributed by atoms with van der Waals surface area (Å²) in [6, 6.07) is 7.81. The van der Waals surface area contributed by atoms with E-state index in [0.717, 1.165) is 49.2 Å². The lowest BCUT2D eigenvalue weighted by Gasteiger charge is -2.36. The van der Waals surface area contributed by atoms with E-state index in [1.165, 1.54) is 0 Å². The topological polar surface area (TPSA) is 89.4 Å². The molecule has 0 spiro atoms. The van der Waals surface area contributed by atoms with Crippen LogP contribution in [0.1, 0.15) is 43.4 Å². The van der Waals surface area contributed by atoms with Crippen molar-refractivity contribution in [2.45, 2.75) is 57.5 Å². The van der Waals surface area contributed by atoms with Gasteiger partial charge in [0.15, 0.2) is 0 Å². The number of benzene rings is 1. The number of hydrogen-bond donors (Lipinski definition) is 1. The van der Waals surface area contributed by atoms with Crippen molar-refractivity contribution in [1.82, 2.24) is 25.2 Å². The van der Waals surface area contributed by atoms with Crippen molar-refractivity contribution in [3.8, 4) is 5.75 Å². The molecule has 1 aromatic carbocycles. The van der Waals surface area contributed by atoms with Gasteiger partial charge in [0.1, 0.15) is 12.4 Å². The Balaban J connectivity index is 1.46. The molecule has 4 heterocycles. The second-order valence-electron chi connectivity index (χ2n) is 8.02. The van der Waals surface area contributed by atoms with Crippen LogP contribution in [-0.4, -0.2) is 57.4 Å². The van der Waals surface area contributed by atoms with Crippen LogP contribution in [0.4, 0.5) is 0 Å². The number of aryl methyl sites for hydroxylation is 1. The fourth-order valence-electron chi connectivity index (χ4n) is 4.16. The summed E-state index contributed by atoms with van der Waals surface area (Å²) in [4.78, 5) is 27.1. The first-order valence-corrected chi connectivity index (χ1v) is 10.8. The Morgan fingerprint density at radius 1 is 1.03 bits per heavy atom. The van der Waals surface area contributed by atoms with Gasteiger partial charge in [0.05, 0.1) is 18.7 Å². The zero-order valence-electron chi connectivity index (χ0n) is 17.3. The third-order valence-corrected chi connectivity index (χ3v) is 5.81. The van der Waals surface area contributed by atoms with Gasteiger partial charge in [-0.3, -0.25) is 9.59 Å². The van der Waals surface area contributed by atoms with Crippen LogP contribution in [0.15, 0.2) is 30.5 Å². The first-order chi connectivity index (χ1) is 14.7. The molecular formula is C22H29N5O3. The number of rotatable bonds is 0. The molecule has 1 fully saturated rings. The highest BCUT2D eigenvalue weighted by Crippen LogP contribution is 2.21. The van der Waals surface area contributed by atoms with Gasteiger partial charge < -0.3 is 15.0 Å². The van der Waals surface area contributed by atoms with Crippen LogP contribution in [0.25, 0.3) is 0 Å². The standard InChI is InChI=1S/C22H29N5O3/c28-21-15-17-4-7-20(8-5-17)30-14-13-26-16-18(24-25-26)6-9-22(29)27-12-2-1-3-19(27)10-11-23-21/h4-5,7-8,16,19H,1-3,6,9-15H2,(H,23,28). The molecular weight excluding hydrogens is 382 g/mol. The molecule has 0 saturated carbocycles. The molecule has 4 bridgehead atoms. The summed E-state index contributed by atoms with van der Waals surface area (Å²) in [5.74, 6) is 0.932. The van der Waals surface area contributed by atoms with Crippen LogP contribution in [0.2, 0.25) is 0 Å². The molecule has 30 heavy (non-hydrogen) atoms. The summed E-state index contributed by atoms with van der Waals surface area (Å²) >= 11 is 0. The number of aromatic nitrogens is 3. The van der Waals surface area contributed by atoms with Crippen LogP contribution in [0, 0.1) is 0 Å². The van der Waals surface area contributed by atoms with Gasteiger partial charge in [0.2, 0.25) is 11.8 Å². The van der Waals surface area contributed by atoms with Crippen LogP contribution in [0.3, 0.4) is 0 Å². The number of carbonyl (C=O) groups is 2. The Hall–Kier alpha value is -2.90. The maximum atomic E-state index is 12.8. The molecule has 5 rings (SSSR count). The molecule has 160 valence electrons. The molecule has 0 aliphatic carbocycles. The van der Waals surface area contributed by atoms with Crippen LogP contribution < -0.4 is 10.1 Å². The molecule has 2 amide bonds. The highest BCUT2D eigenvalue weighted by Gasteiger charge is 2.26. The molecule has 1 aromatic heterocycles. The molecule has 8 heteroatoms. The molecule has 3 aliphatic heterocycles. The number of carbonyl (C=O) groups excluding carboxylic acids is 2. The fourth-order valence-corrected chi connectivity index (χ4v) is 4.16. The molecule has 3 aliphatic rings. The van der Waals surface area contributed by atoms with E-state index in [9.17, 15) is 9.59 Å². The van der Waals surface area contributed by atoms with Crippen LogP contribution in [-0.2, 0) is 29.0 Å². The second kappa shape index (κ2) is 9.73. The minimum atomic E-state index is 0.00583. The molecule has 1 saturated heterocycles. The highest BCUT2D eigenvalue weighted by atomic mass is 16.5. The van der Waals surface area contributed by atoms with E-state index < -0.39 is 0 Å². The van der Waals surface area contributed by atoms with E-state index in [1.807, 2.05) is 35.4 Å². The van der Waals surface area contributed by atoms with Crippen molar-refractivity contribution in [3.63, 3.8) is 0 Å². The molecule has 1 unspecified atom stereocenters. The molecule has 0 radical (unpaired) electrons. The monoisotopic (exact) mass is 411 g/mol. The van der Waals surface area contributed by atoms with E-state index in [2.05, 4.69) is 15.6 Å². The lowest BCUT2D eigenvalue weighted by atomic mass is 9.98. The summed E-state index contributed by atoms with van der Waals surface area (Å²) in [6.45, 7) is 2.44. The number of ether oxygens (including phenoxy) is 1. The minimum Gasteiger partial charge on any atom is -0.492 e. The first-order valence-electron chi connectivity index (χ1n) is 10.8. The maximum Gasteiger partial charge on any atom is 0.224 e. The number of hydrogen-bond acceptors (Lipinski definition) is 5. The second-order valence-corrected chi connectivity index (χ2v) is 8.02. The predicted molar refractivity (Wildman–Crippen MR) is 111 cm³/mol. The third kappa shape index (κ3) is 5.37. The van der Waals surface area contributed by atoms with Crippen molar-refractivity contribution < 1.29 is 14.3 Å². The summed E-state index contributed by atoms with van der Waals surface area (Å²) in [5.41, 5.74) is 1.77. The number of fused-ring (bicyclic) bond motifs is 10. The lowest BCUT2D eigenvalue weighted by Crippen LogP contribution is -2.45. The number of nitrogens with one attached hydrogen (secondary N) is 1. The Morgan fingerprint density at radius 3 is 2.77 bits per heavy atom. The van der Waals surface area contributed by atoms with Gasteiger partial charge in [-0.25, -0.2) is 4.68 Å². The van der Waals surface area contributed by atoms with Crippen molar-refractivity contribution in [2.24, 2.45) is 0 Å². The van der Waals surface area contributed by atoms with E-state index in [4.69, 9.17) is 4.74 Å². The van der Waals surface area contributed by atoms with Gasteiger partial charge in [0, 0.05) is 38.2 Å². The van der Waals surface area contributed by atoms with E-state index >= 15 is 0 Å². The smallest absolute Gasteiger partial charge is 0.224 e. The third-order valence-electron chi connectivity index (χ3n) is 5.81.